The fourth-order valence-electron chi connectivity index (χ4n) is 1.47. The Bertz CT molecular complexity index is 493. The molecule has 0 bridgehead atoms. The Labute approximate surface area is 112 Å². The van der Waals surface area contributed by atoms with Gasteiger partial charge in [-0.05, 0) is 6.92 Å². The Kier molecular flexibility index (Phi) is 3.44. The molecule has 3 rings (SSSR count). The van der Waals surface area contributed by atoms with Crippen molar-refractivity contribution >= 4 is 45.4 Å². The Morgan fingerprint density at radius 3 is 3.12 bits per heavy atom. The SMILES string of the molecule is CC1=Nn2c(CSC3=NCCS3)nnc2SC1. The number of fused-ring (bicyclic) bond motifs is 1. The van der Waals surface area contributed by atoms with Gasteiger partial charge in [0.15, 0.2) is 5.82 Å². The third kappa shape index (κ3) is 2.53. The molecule has 0 aromatic carbocycles. The lowest BCUT2D eigenvalue weighted by Gasteiger charge is -2.10. The van der Waals surface area contributed by atoms with Crippen LogP contribution in [-0.4, -0.2) is 43.0 Å². The lowest BCUT2D eigenvalue weighted by molar-refractivity contribution is 0.730. The van der Waals surface area contributed by atoms with E-state index in [0.29, 0.717) is 0 Å². The van der Waals surface area contributed by atoms with Crippen molar-refractivity contribution in [2.75, 3.05) is 18.1 Å². The molecule has 0 saturated heterocycles. The van der Waals surface area contributed by atoms with Crippen LogP contribution < -0.4 is 0 Å². The maximum Gasteiger partial charge on any atom is 0.212 e. The first-order valence-electron chi connectivity index (χ1n) is 5.24. The maximum absolute atomic E-state index is 4.48. The molecule has 0 N–H and O–H groups in total. The van der Waals surface area contributed by atoms with E-state index < -0.39 is 0 Å². The van der Waals surface area contributed by atoms with E-state index in [4.69, 9.17) is 0 Å². The average molecular weight is 285 g/mol. The smallest absolute Gasteiger partial charge is 0.212 e. The minimum Gasteiger partial charge on any atom is -0.271 e. The number of nitrogens with zero attached hydrogens (tertiary/aromatic N) is 5. The third-order valence-electron chi connectivity index (χ3n) is 2.24. The van der Waals surface area contributed by atoms with Gasteiger partial charge in [-0.2, -0.15) is 9.78 Å². The predicted octanol–water partition coefficient (Wildman–Crippen LogP) is 1.94. The van der Waals surface area contributed by atoms with Crippen LogP contribution in [0.1, 0.15) is 12.7 Å². The summed E-state index contributed by atoms with van der Waals surface area (Å²) in [4.78, 5) is 4.41. The highest BCUT2D eigenvalue weighted by Crippen LogP contribution is 2.27. The van der Waals surface area contributed by atoms with E-state index in [9.17, 15) is 0 Å². The molecule has 2 aliphatic rings. The Morgan fingerprint density at radius 2 is 2.29 bits per heavy atom. The highest BCUT2D eigenvalue weighted by molar-refractivity contribution is 8.38. The summed E-state index contributed by atoms with van der Waals surface area (Å²) in [7, 11) is 0. The number of aliphatic imine (C=N–C) groups is 1. The highest BCUT2D eigenvalue weighted by Gasteiger charge is 2.18. The van der Waals surface area contributed by atoms with E-state index in [1.165, 1.54) is 0 Å². The first kappa shape index (κ1) is 11.6. The predicted molar refractivity (Wildman–Crippen MR) is 75.3 cm³/mol. The van der Waals surface area contributed by atoms with Gasteiger partial charge in [0.25, 0.3) is 0 Å². The van der Waals surface area contributed by atoms with Crippen molar-refractivity contribution in [2.45, 2.75) is 17.8 Å². The standard InChI is InChI=1S/C9H11N5S3/c1-6-4-16-8-12-11-7(14(8)13-6)5-17-9-10-2-3-15-9/h2-5H2,1H3. The molecule has 3 heterocycles. The lowest BCUT2D eigenvalue weighted by atomic mass is 10.5. The summed E-state index contributed by atoms with van der Waals surface area (Å²) >= 11 is 5.23. The van der Waals surface area contributed by atoms with Gasteiger partial charge < -0.3 is 0 Å². The van der Waals surface area contributed by atoms with Gasteiger partial charge in [-0.3, -0.25) is 4.99 Å². The van der Waals surface area contributed by atoms with Crippen LogP contribution in [0.3, 0.4) is 0 Å². The molecule has 0 unspecified atom stereocenters. The van der Waals surface area contributed by atoms with Crippen molar-refractivity contribution in [3.63, 3.8) is 0 Å². The van der Waals surface area contributed by atoms with E-state index in [1.54, 1.807) is 23.5 Å². The summed E-state index contributed by atoms with van der Waals surface area (Å²) in [5, 5.41) is 13.7. The van der Waals surface area contributed by atoms with Crippen molar-refractivity contribution in [2.24, 2.45) is 10.1 Å². The largest absolute Gasteiger partial charge is 0.271 e. The molecule has 8 heteroatoms. The van der Waals surface area contributed by atoms with Crippen LogP contribution in [0.2, 0.25) is 0 Å². The van der Waals surface area contributed by atoms with Crippen molar-refractivity contribution < 1.29 is 0 Å². The summed E-state index contributed by atoms with van der Waals surface area (Å²) in [5.74, 6) is 3.71. The van der Waals surface area contributed by atoms with E-state index in [1.807, 2.05) is 23.4 Å². The summed E-state index contributed by atoms with van der Waals surface area (Å²) in [6, 6.07) is 0. The second-order valence-electron chi connectivity index (χ2n) is 3.62. The first-order chi connectivity index (χ1) is 8.33. The van der Waals surface area contributed by atoms with Gasteiger partial charge in [0.2, 0.25) is 5.16 Å². The van der Waals surface area contributed by atoms with Gasteiger partial charge >= 0.3 is 0 Å². The normalized spacial score (nSPS) is 18.9. The zero-order valence-electron chi connectivity index (χ0n) is 9.29. The van der Waals surface area contributed by atoms with Gasteiger partial charge in [-0.1, -0.05) is 35.3 Å². The summed E-state index contributed by atoms with van der Waals surface area (Å²) in [6.45, 7) is 2.97. The molecule has 0 atom stereocenters. The van der Waals surface area contributed by atoms with Gasteiger partial charge in [0.1, 0.15) is 4.38 Å². The monoisotopic (exact) mass is 285 g/mol. The molecule has 0 saturated carbocycles. The van der Waals surface area contributed by atoms with Gasteiger partial charge in [0.05, 0.1) is 12.3 Å². The fraction of sp³-hybridized carbons (Fsp3) is 0.556. The summed E-state index contributed by atoms with van der Waals surface area (Å²) in [5.41, 5.74) is 1.11. The van der Waals surface area contributed by atoms with E-state index >= 15 is 0 Å². The Hall–Kier alpha value is -0.470. The Morgan fingerprint density at radius 1 is 1.35 bits per heavy atom. The lowest BCUT2D eigenvalue weighted by Crippen LogP contribution is -2.10. The quantitative estimate of drug-likeness (QED) is 0.831. The topological polar surface area (TPSA) is 55.4 Å². The third-order valence-corrected chi connectivity index (χ3v) is 5.56. The van der Waals surface area contributed by atoms with E-state index in [2.05, 4.69) is 20.3 Å². The molecule has 17 heavy (non-hydrogen) atoms. The molecule has 0 radical (unpaired) electrons. The zero-order valence-corrected chi connectivity index (χ0v) is 11.7. The second kappa shape index (κ2) is 5.03. The molecule has 0 fully saturated rings. The minimum atomic E-state index is 0.788. The Balaban J connectivity index is 1.74. The van der Waals surface area contributed by atoms with Crippen molar-refractivity contribution in [3.05, 3.63) is 5.82 Å². The molecule has 2 aliphatic heterocycles. The molecular weight excluding hydrogens is 274 g/mol. The van der Waals surface area contributed by atoms with Crippen LogP contribution in [0, 0.1) is 0 Å². The van der Waals surface area contributed by atoms with Crippen LogP contribution >= 0.6 is 35.3 Å². The molecule has 0 aliphatic carbocycles. The van der Waals surface area contributed by atoms with Crippen molar-refractivity contribution in [1.29, 1.82) is 0 Å². The van der Waals surface area contributed by atoms with E-state index in [-0.39, 0.29) is 0 Å². The summed E-state index contributed by atoms with van der Waals surface area (Å²) < 4.78 is 3.02. The zero-order chi connectivity index (χ0) is 11.7. The number of hydrogen-bond donors (Lipinski definition) is 0. The highest BCUT2D eigenvalue weighted by atomic mass is 32.2. The number of aromatic nitrogens is 3. The molecule has 5 nitrogen and oxygen atoms in total. The van der Waals surface area contributed by atoms with Crippen molar-refractivity contribution in [3.8, 4) is 0 Å². The van der Waals surface area contributed by atoms with Gasteiger partial charge in [0, 0.05) is 17.2 Å². The summed E-state index contributed by atoms with van der Waals surface area (Å²) in [6.07, 6.45) is 0. The molecular formula is C9H11N5S3. The van der Waals surface area contributed by atoms with Crippen LogP contribution in [0.5, 0.6) is 0 Å². The number of rotatable bonds is 2. The number of hydrogen-bond acceptors (Lipinski definition) is 7. The second-order valence-corrected chi connectivity index (χ2v) is 6.87. The fourth-order valence-corrected chi connectivity index (χ4v) is 4.15. The molecule has 90 valence electrons. The number of thioether (sulfide) groups is 3. The van der Waals surface area contributed by atoms with E-state index in [0.717, 1.165) is 44.9 Å². The first-order valence-corrected chi connectivity index (χ1v) is 8.20. The average Bonchev–Trinajstić information content (AvgIpc) is 2.94. The van der Waals surface area contributed by atoms with Gasteiger partial charge in [-0.15, -0.1) is 10.2 Å². The molecule has 0 amide bonds. The van der Waals surface area contributed by atoms with Crippen LogP contribution in [0.4, 0.5) is 0 Å². The molecule has 0 spiro atoms. The van der Waals surface area contributed by atoms with Crippen LogP contribution in [0.25, 0.3) is 0 Å². The molecule has 1 aromatic rings. The van der Waals surface area contributed by atoms with Crippen LogP contribution in [-0.2, 0) is 5.75 Å². The van der Waals surface area contributed by atoms with Gasteiger partial charge in [-0.25, -0.2) is 0 Å². The minimum absolute atomic E-state index is 0.788. The molecule has 1 aromatic heterocycles. The van der Waals surface area contributed by atoms with Crippen molar-refractivity contribution in [1.82, 2.24) is 14.9 Å². The van der Waals surface area contributed by atoms with Crippen LogP contribution in [0.15, 0.2) is 15.3 Å². The maximum atomic E-state index is 4.48.